The molecule has 1 heterocycles. The van der Waals surface area contributed by atoms with Crippen molar-refractivity contribution in [2.45, 2.75) is 38.0 Å². The molecule has 3 aromatic carbocycles. The number of fused-ring (bicyclic) bond motifs is 1. The molecule has 0 aliphatic carbocycles. The Hall–Kier alpha value is -3.16. The minimum Gasteiger partial charge on any atom is -0.462 e. The van der Waals surface area contributed by atoms with E-state index in [0.29, 0.717) is 10.6 Å². The fourth-order valence-corrected chi connectivity index (χ4v) is 5.89. The third-order valence-corrected chi connectivity index (χ3v) is 8.04. The van der Waals surface area contributed by atoms with E-state index in [1.54, 1.807) is 31.2 Å². The smallest absolute Gasteiger partial charge is 0.348 e. The predicted molar refractivity (Wildman–Crippen MR) is 139 cm³/mol. The molecule has 7 heteroatoms. The summed E-state index contributed by atoms with van der Waals surface area (Å²) in [4.78, 5) is 13.4. The molecule has 176 valence electrons. The molecule has 0 bridgehead atoms. The lowest BCUT2D eigenvalue weighted by Crippen LogP contribution is -2.14. The highest BCUT2D eigenvalue weighted by Gasteiger charge is 2.22. The van der Waals surface area contributed by atoms with Crippen molar-refractivity contribution in [1.82, 2.24) is 0 Å². The lowest BCUT2D eigenvalue weighted by molar-refractivity contribution is 0.0533. The summed E-state index contributed by atoms with van der Waals surface area (Å²) in [6, 6.07) is 21.8. The highest BCUT2D eigenvalue weighted by molar-refractivity contribution is 7.92. The van der Waals surface area contributed by atoms with Crippen LogP contribution in [0.4, 0.5) is 5.69 Å². The van der Waals surface area contributed by atoms with Crippen molar-refractivity contribution >= 4 is 43.1 Å². The van der Waals surface area contributed by atoms with Crippen LogP contribution in [0.15, 0.2) is 77.7 Å². The van der Waals surface area contributed by atoms with Gasteiger partial charge >= 0.3 is 5.97 Å². The second-order valence-electron chi connectivity index (χ2n) is 8.98. The molecule has 0 spiro atoms. The maximum atomic E-state index is 13.1. The van der Waals surface area contributed by atoms with E-state index in [2.05, 4.69) is 25.5 Å². The first-order valence-electron chi connectivity index (χ1n) is 11.0. The van der Waals surface area contributed by atoms with Gasteiger partial charge in [-0.25, -0.2) is 13.2 Å². The molecule has 0 saturated heterocycles. The van der Waals surface area contributed by atoms with E-state index < -0.39 is 10.0 Å². The van der Waals surface area contributed by atoms with E-state index >= 15 is 0 Å². The second-order valence-corrected chi connectivity index (χ2v) is 11.7. The molecule has 0 amide bonds. The summed E-state index contributed by atoms with van der Waals surface area (Å²) < 4.78 is 35.0. The number of thiophene rings is 1. The summed E-state index contributed by atoms with van der Waals surface area (Å²) in [6.07, 6.45) is 0. The number of hydrogen-bond acceptors (Lipinski definition) is 5. The van der Waals surface area contributed by atoms with Crippen LogP contribution in [0.3, 0.4) is 0 Å². The molecule has 0 aliphatic rings. The van der Waals surface area contributed by atoms with Crippen molar-refractivity contribution < 1.29 is 17.9 Å². The first-order chi connectivity index (χ1) is 16.1. The van der Waals surface area contributed by atoms with Crippen molar-refractivity contribution in [1.29, 1.82) is 0 Å². The summed E-state index contributed by atoms with van der Waals surface area (Å²) >= 11 is 1.34. The standard InChI is InChI=1S/C27H27NO4S2/c1-5-32-26(29)25-24(18-9-7-6-8-10-18)22-17-20(13-16-23(22)33-25)28-34(30,31)21-14-11-19(12-15-21)27(2,3)4/h6-17,28H,5H2,1-4H3. The Labute approximate surface area is 204 Å². The van der Waals surface area contributed by atoms with Gasteiger partial charge in [-0.3, -0.25) is 4.72 Å². The first kappa shape index (κ1) is 24.0. The van der Waals surface area contributed by atoms with Gasteiger partial charge in [0.15, 0.2) is 0 Å². The van der Waals surface area contributed by atoms with Crippen LogP contribution in [0.1, 0.15) is 42.9 Å². The molecule has 0 saturated carbocycles. The zero-order chi connectivity index (χ0) is 24.5. The van der Waals surface area contributed by atoms with Crippen molar-refractivity contribution in [3.05, 3.63) is 83.2 Å². The van der Waals surface area contributed by atoms with Gasteiger partial charge in [0.05, 0.1) is 11.5 Å². The SMILES string of the molecule is CCOC(=O)c1sc2ccc(NS(=O)(=O)c3ccc(C(C)(C)C)cc3)cc2c1-c1ccccc1. The Kier molecular flexibility index (Phi) is 6.51. The Bertz CT molecular complexity index is 1430. The number of nitrogens with one attached hydrogen (secondary N) is 1. The Balaban J connectivity index is 1.75. The lowest BCUT2D eigenvalue weighted by atomic mass is 9.87. The number of ether oxygens (including phenoxy) is 1. The quantitative estimate of drug-likeness (QED) is 0.298. The molecule has 1 N–H and O–H groups in total. The van der Waals surface area contributed by atoms with Crippen LogP contribution in [0.25, 0.3) is 21.2 Å². The average Bonchev–Trinajstić information content (AvgIpc) is 3.18. The minimum atomic E-state index is -3.78. The highest BCUT2D eigenvalue weighted by atomic mass is 32.2. The average molecular weight is 494 g/mol. The van der Waals surface area contributed by atoms with E-state index in [1.807, 2.05) is 48.5 Å². The molecule has 0 unspecified atom stereocenters. The number of carbonyl (C=O) groups is 1. The number of sulfonamides is 1. The van der Waals surface area contributed by atoms with Crippen molar-refractivity contribution in [2.75, 3.05) is 11.3 Å². The molecule has 0 atom stereocenters. The van der Waals surface area contributed by atoms with Gasteiger partial charge in [-0.1, -0.05) is 63.2 Å². The van der Waals surface area contributed by atoms with Gasteiger partial charge in [-0.2, -0.15) is 0 Å². The van der Waals surface area contributed by atoms with Crippen molar-refractivity contribution in [3.8, 4) is 11.1 Å². The summed E-state index contributed by atoms with van der Waals surface area (Å²) in [6.45, 7) is 8.30. The number of benzene rings is 3. The van der Waals surface area contributed by atoms with E-state index in [-0.39, 0.29) is 22.9 Å². The topological polar surface area (TPSA) is 72.5 Å². The maximum Gasteiger partial charge on any atom is 0.348 e. The summed E-state index contributed by atoms with van der Waals surface area (Å²) in [5.74, 6) is -0.386. The Morgan fingerprint density at radius 2 is 1.65 bits per heavy atom. The molecule has 4 aromatic rings. The fourth-order valence-electron chi connectivity index (χ4n) is 3.74. The normalized spacial score (nSPS) is 12.0. The maximum absolute atomic E-state index is 13.1. The highest BCUT2D eigenvalue weighted by Crippen LogP contribution is 2.40. The molecule has 0 fully saturated rings. The van der Waals surface area contributed by atoms with E-state index in [1.165, 1.54) is 11.3 Å². The summed E-state index contributed by atoms with van der Waals surface area (Å²) in [5, 5.41) is 0.794. The molecule has 1 aromatic heterocycles. The number of carbonyl (C=O) groups excluding carboxylic acids is 1. The monoisotopic (exact) mass is 493 g/mol. The van der Waals surface area contributed by atoms with Gasteiger partial charge in [0.25, 0.3) is 10.0 Å². The van der Waals surface area contributed by atoms with Crippen molar-refractivity contribution in [2.24, 2.45) is 0 Å². The largest absolute Gasteiger partial charge is 0.462 e. The summed E-state index contributed by atoms with van der Waals surface area (Å²) in [7, 11) is -3.78. The molecule has 34 heavy (non-hydrogen) atoms. The molecular weight excluding hydrogens is 466 g/mol. The van der Waals surface area contributed by atoms with E-state index in [0.717, 1.165) is 26.8 Å². The lowest BCUT2D eigenvalue weighted by Gasteiger charge is -2.19. The zero-order valence-corrected chi connectivity index (χ0v) is 21.2. The van der Waals surface area contributed by atoms with Crippen LogP contribution in [0.5, 0.6) is 0 Å². The van der Waals surface area contributed by atoms with Crippen LogP contribution < -0.4 is 4.72 Å². The second kappa shape index (κ2) is 9.24. The molecular formula is C27H27NO4S2. The third-order valence-electron chi connectivity index (χ3n) is 5.49. The fraction of sp³-hybridized carbons (Fsp3) is 0.222. The number of anilines is 1. The zero-order valence-electron chi connectivity index (χ0n) is 19.6. The van der Waals surface area contributed by atoms with Crippen LogP contribution in [0.2, 0.25) is 0 Å². The van der Waals surface area contributed by atoms with Crippen LogP contribution >= 0.6 is 11.3 Å². The number of esters is 1. The summed E-state index contributed by atoms with van der Waals surface area (Å²) in [5.41, 5.74) is 3.04. The van der Waals surface area contributed by atoms with Gasteiger partial charge in [0, 0.05) is 21.3 Å². The van der Waals surface area contributed by atoms with Gasteiger partial charge in [0.2, 0.25) is 0 Å². The van der Waals surface area contributed by atoms with Crippen molar-refractivity contribution in [3.63, 3.8) is 0 Å². The Morgan fingerprint density at radius 3 is 2.26 bits per heavy atom. The van der Waals surface area contributed by atoms with Crippen LogP contribution in [0, 0.1) is 0 Å². The molecule has 0 aliphatic heterocycles. The van der Waals surface area contributed by atoms with E-state index in [4.69, 9.17) is 4.74 Å². The van der Waals surface area contributed by atoms with Gasteiger partial charge < -0.3 is 4.74 Å². The van der Waals surface area contributed by atoms with Gasteiger partial charge in [-0.05, 0) is 53.8 Å². The number of hydrogen-bond donors (Lipinski definition) is 1. The van der Waals surface area contributed by atoms with Crippen LogP contribution in [-0.2, 0) is 20.2 Å². The van der Waals surface area contributed by atoms with Gasteiger partial charge in [-0.15, -0.1) is 11.3 Å². The Morgan fingerprint density at radius 1 is 0.971 bits per heavy atom. The van der Waals surface area contributed by atoms with Crippen LogP contribution in [-0.4, -0.2) is 21.0 Å². The van der Waals surface area contributed by atoms with E-state index in [9.17, 15) is 13.2 Å². The number of rotatable bonds is 6. The third kappa shape index (κ3) is 4.86. The molecule has 0 radical (unpaired) electrons. The first-order valence-corrected chi connectivity index (χ1v) is 13.3. The predicted octanol–water partition coefficient (Wildman–Crippen LogP) is 6.84. The molecule has 5 nitrogen and oxygen atoms in total. The molecule has 4 rings (SSSR count). The minimum absolute atomic E-state index is 0.0653. The van der Waals surface area contributed by atoms with Gasteiger partial charge in [0.1, 0.15) is 4.88 Å².